The van der Waals surface area contributed by atoms with Crippen LogP contribution in [0.4, 0.5) is 0 Å². The van der Waals surface area contributed by atoms with E-state index in [4.69, 9.17) is 23.4 Å². The van der Waals surface area contributed by atoms with Crippen LogP contribution in [-0.4, -0.2) is 87.3 Å². The maximum Gasteiger partial charge on any atom is 0.239 e. The lowest BCUT2D eigenvalue weighted by Crippen LogP contribution is -2.60. The highest BCUT2D eigenvalue weighted by Gasteiger charge is 2.45. The highest BCUT2D eigenvalue weighted by Crippen LogP contribution is 2.45. The van der Waals surface area contributed by atoms with E-state index >= 15 is 0 Å². The van der Waals surface area contributed by atoms with E-state index in [0.717, 1.165) is 12.1 Å². The van der Waals surface area contributed by atoms with E-state index in [2.05, 4.69) is 0 Å². The Labute approximate surface area is 202 Å². The van der Waals surface area contributed by atoms with Gasteiger partial charge in [0.1, 0.15) is 35.4 Å². The molecule has 1 aliphatic rings. The van der Waals surface area contributed by atoms with Crippen LogP contribution >= 0.6 is 0 Å². The van der Waals surface area contributed by atoms with Crippen molar-refractivity contribution in [1.82, 2.24) is 0 Å². The normalized spacial score (nSPS) is 24.0. The minimum atomic E-state index is -1.76. The molecule has 1 saturated heterocycles. The van der Waals surface area contributed by atoms with Gasteiger partial charge in [0.05, 0.1) is 20.8 Å². The molecule has 13 heteroatoms. The molecule has 0 unspecified atom stereocenters. The molecule has 2 aromatic carbocycles. The molecular weight excluding hydrogens is 484 g/mol. The summed E-state index contributed by atoms with van der Waals surface area (Å²) in [6, 6.07) is 4.82. The topological polar surface area (TPSA) is 209 Å². The van der Waals surface area contributed by atoms with Crippen molar-refractivity contribution in [2.75, 3.05) is 20.8 Å². The molecule has 0 spiro atoms. The molecule has 0 bridgehead atoms. The zero-order valence-corrected chi connectivity index (χ0v) is 19.0. The van der Waals surface area contributed by atoms with E-state index in [9.17, 15) is 40.5 Å². The molecular formula is C23H24O13. The lowest BCUT2D eigenvalue weighted by molar-refractivity contribution is -0.277. The smallest absolute Gasteiger partial charge is 0.239 e. The lowest BCUT2D eigenvalue weighted by Gasteiger charge is -2.39. The second-order valence-corrected chi connectivity index (χ2v) is 7.94. The molecule has 13 nitrogen and oxygen atoms in total. The number of hydrogen-bond acceptors (Lipinski definition) is 13. The Morgan fingerprint density at radius 1 is 0.917 bits per heavy atom. The molecule has 0 amide bonds. The minimum Gasteiger partial charge on any atom is -0.504 e. The predicted octanol–water partition coefficient (Wildman–Crippen LogP) is -0.227. The summed E-state index contributed by atoms with van der Waals surface area (Å²) in [4.78, 5) is 13.2. The number of aliphatic hydroxyl groups excluding tert-OH is 4. The monoisotopic (exact) mass is 508 g/mol. The summed E-state index contributed by atoms with van der Waals surface area (Å²) in [5.41, 5.74) is -0.856. The maximum absolute atomic E-state index is 13.2. The van der Waals surface area contributed by atoms with Gasteiger partial charge >= 0.3 is 0 Å². The predicted molar refractivity (Wildman–Crippen MR) is 120 cm³/mol. The standard InChI is InChI=1S/C23H24O13/c1-32-21-12(35-23-19(31)18(30)15(27)13(7-24)36-23)6-11-14(16(21)28)17(29)22(33-2)20(34-11)8-3-4-9(25)10(26)5-8/h3-6,13,15,18-19,23-28,30-31H,7H2,1-2H3/t13-,15-,18+,19-,23-/m1/s1. The fourth-order valence-corrected chi connectivity index (χ4v) is 3.89. The van der Waals surface area contributed by atoms with E-state index in [-0.39, 0.29) is 39.5 Å². The average molecular weight is 508 g/mol. The molecule has 194 valence electrons. The molecule has 7 N–H and O–H groups in total. The van der Waals surface area contributed by atoms with Gasteiger partial charge in [-0.25, -0.2) is 0 Å². The van der Waals surface area contributed by atoms with Crippen LogP contribution in [0.3, 0.4) is 0 Å². The fraction of sp³-hybridized carbons (Fsp3) is 0.348. The Morgan fingerprint density at radius 3 is 2.22 bits per heavy atom. The molecule has 3 aromatic rings. The zero-order chi connectivity index (χ0) is 26.3. The van der Waals surface area contributed by atoms with Gasteiger partial charge in [0.15, 0.2) is 28.8 Å². The lowest BCUT2D eigenvalue weighted by atomic mass is 9.99. The van der Waals surface area contributed by atoms with E-state index < -0.39 is 60.0 Å². The molecule has 1 fully saturated rings. The molecule has 4 rings (SSSR count). The molecule has 2 heterocycles. The third kappa shape index (κ3) is 4.12. The molecule has 0 aliphatic carbocycles. The summed E-state index contributed by atoms with van der Waals surface area (Å²) in [5.74, 6) is -2.66. The maximum atomic E-state index is 13.2. The van der Waals surface area contributed by atoms with Crippen LogP contribution in [0.5, 0.6) is 34.5 Å². The number of aliphatic hydroxyl groups is 4. The van der Waals surface area contributed by atoms with Crippen molar-refractivity contribution in [1.29, 1.82) is 0 Å². The van der Waals surface area contributed by atoms with Crippen LogP contribution < -0.4 is 19.6 Å². The second kappa shape index (κ2) is 9.72. The highest BCUT2D eigenvalue weighted by molar-refractivity contribution is 5.91. The first-order valence-electron chi connectivity index (χ1n) is 10.6. The van der Waals surface area contributed by atoms with E-state index in [1.807, 2.05) is 0 Å². The van der Waals surface area contributed by atoms with Crippen molar-refractivity contribution in [2.45, 2.75) is 30.7 Å². The number of benzene rings is 2. The quantitative estimate of drug-likeness (QED) is 0.215. The minimum absolute atomic E-state index is 0.145. The number of rotatable bonds is 6. The fourth-order valence-electron chi connectivity index (χ4n) is 3.89. The summed E-state index contributed by atoms with van der Waals surface area (Å²) in [6.07, 6.45) is -7.98. The van der Waals surface area contributed by atoms with Gasteiger partial charge in [0, 0.05) is 11.6 Å². The van der Waals surface area contributed by atoms with Gasteiger partial charge in [0.25, 0.3) is 0 Å². The van der Waals surface area contributed by atoms with Crippen molar-refractivity contribution in [2.24, 2.45) is 0 Å². The number of fused-ring (bicyclic) bond motifs is 1. The largest absolute Gasteiger partial charge is 0.504 e. The van der Waals surface area contributed by atoms with Gasteiger partial charge in [-0.05, 0) is 18.2 Å². The molecule has 5 atom stereocenters. The van der Waals surface area contributed by atoms with Gasteiger partial charge in [-0.3, -0.25) is 4.79 Å². The Morgan fingerprint density at radius 2 is 1.61 bits per heavy atom. The van der Waals surface area contributed by atoms with Crippen molar-refractivity contribution < 1.29 is 59.1 Å². The molecule has 1 aliphatic heterocycles. The number of phenols is 3. The van der Waals surface area contributed by atoms with Crippen LogP contribution in [0.15, 0.2) is 33.5 Å². The van der Waals surface area contributed by atoms with E-state index in [1.165, 1.54) is 26.4 Å². The summed E-state index contributed by atoms with van der Waals surface area (Å²) < 4.78 is 27.1. The second-order valence-electron chi connectivity index (χ2n) is 7.94. The van der Waals surface area contributed by atoms with Crippen LogP contribution in [-0.2, 0) is 4.74 Å². The highest BCUT2D eigenvalue weighted by atomic mass is 16.7. The molecule has 36 heavy (non-hydrogen) atoms. The summed E-state index contributed by atoms with van der Waals surface area (Å²) >= 11 is 0. The molecule has 0 radical (unpaired) electrons. The molecule has 0 saturated carbocycles. The third-order valence-electron chi connectivity index (χ3n) is 5.77. The zero-order valence-electron chi connectivity index (χ0n) is 19.0. The van der Waals surface area contributed by atoms with Crippen molar-refractivity contribution in [3.05, 3.63) is 34.5 Å². The average Bonchev–Trinajstić information content (AvgIpc) is 2.85. The van der Waals surface area contributed by atoms with Gasteiger partial charge in [-0.1, -0.05) is 0 Å². The van der Waals surface area contributed by atoms with Crippen LogP contribution in [0, 0.1) is 0 Å². The first-order valence-corrected chi connectivity index (χ1v) is 10.6. The van der Waals surface area contributed by atoms with Crippen molar-refractivity contribution in [3.8, 4) is 45.8 Å². The summed E-state index contributed by atoms with van der Waals surface area (Å²) in [5, 5.41) is 69.7. The number of phenolic OH excluding ortho intramolecular Hbond substituents is 3. The van der Waals surface area contributed by atoms with Crippen LogP contribution in [0.1, 0.15) is 0 Å². The van der Waals surface area contributed by atoms with Gasteiger partial charge in [-0.2, -0.15) is 0 Å². The van der Waals surface area contributed by atoms with Gasteiger partial charge in [-0.15, -0.1) is 0 Å². The van der Waals surface area contributed by atoms with Crippen molar-refractivity contribution in [3.63, 3.8) is 0 Å². The summed E-state index contributed by atoms with van der Waals surface area (Å²) in [7, 11) is 2.38. The SMILES string of the molecule is COc1c(O[C@@H]2O[C@H](CO)[C@@H](O)[C@H](O)[C@H]2O)cc2oc(-c3ccc(O)c(O)c3)c(OC)c(=O)c2c1O. The Balaban J connectivity index is 1.87. The Bertz CT molecular complexity index is 1330. The number of methoxy groups -OCH3 is 2. The molecule has 1 aromatic heterocycles. The first kappa shape index (κ1) is 25.3. The van der Waals surface area contributed by atoms with Gasteiger partial charge in [0.2, 0.25) is 23.2 Å². The summed E-state index contributed by atoms with van der Waals surface area (Å²) in [6.45, 7) is -0.692. The Kier molecular flexibility index (Phi) is 6.84. The van der Waals surface area contributed by atoms with Crippen molar-refractivity contribution >= 4 is 11.0 Å². The first-order chi connectivity index (χ1) is 17.1. The van der Waals surface area contributed by atoms with Gasteiger partial charge < -0.3 is 59.1 Å². The number of aromatic hydroxyl groups is 3. The van der Waals surface area contributed by atoms with E-state index in [0.29, 0.717) is 0 Å². The van der Waals surface area contributed by atoms with Crippen LogP contribution in [0.25, 0.3) is 22.3 Å². The number of ether oxygens (including phenoxy) is 4. The Hall–Kier alpha value is -3.75. The number of hydrogen-bond donors (Lipinski definition) is 7. The van der Waals surface area contributed by atoms with Crippen LogP contribution in [0.2, 0.25) is 0 Å². The van der Waals surface area contributed by atoms with E-state index in [1.54, 1.807) is 0 Å². The third-order valence-corrected chi connectivity index (χ3v) is 5.77.